The van der Waals surface area contributed by atoms with E-state index in [4.69, 9.17) is 21.1 Å². The molecule has 2 aromatic carbocycles. The molecular formula is C18H17ClF3NO4. The number of carbonyl (C=O) groups excluding carboxylic acids is 1. The summed E-state index contributed by atoms with van der Waals surface area (Å²) in [6, 6.07) is 10.4. The number of ether oxygens (including phenoxy) is 3. The van der Waals surface area contributed by atoms with Gasteiger partial charge in [-0.15, -0.1) is 13.2 Å². The Morgan fingerprint density at radius 2 is 1.85 bits per heavy atom. The Labute approximate surface area is 159 Å². The largest absolute Gasteiger partial charge is 0.573 e. The lowest BCUT2D eigenvalue weighted by Crippen LogP contribution is -2.25. The van der Waals surface area contributed by atoms with E-state index in [1.54, 1.807) is 19.1 Å². The van der Waals surface area contributed by atoms with Crippen LogP contribution in [0.25, 0.3) is 0 Å². The van der Waals surface area contributed by atoms with Crippen LogP contribution in [0.1, 0.15) is 12.5 Å². The lowest BCUT2D eigenvalue weighted by atomic mass is 10.2. The molecule has 146 valence electrons. The molecule has 0 radical (unpaired) electrons. The van der Waals surface area contributed by atoms with Gasteiger partial charge in [-0.05, 0) is 38.1 Å². The van der Waals surface area contributed by atoms with Crippen molar-refractivity contribution >= 4 is 23.4 Å². The zero-order chi connectivity index (χ0) is 20.0. The SMILES string of the molecule is Cc1ccc(NC(=O)OC(C)COc2cc(OC(F)(F)F)ccc2Cl)cc1. The number of rotatable bonds is 6. The highest BCUT2D eigenvalue weighted by molar-refractivity contribution is 6.32. The molecule has 2 rings (SSSR count). The molecular weight excluding hydrogens is 387 g/mol. The number of carbonyl (C=O) groups is 1. The van der Waals surface area contributed by atoms with Crippen molar-refractivity contribution in [1.29, 1.82) is 0 Å². The summed E-state index contributed by atoms with van der Waals surface area (Å²) >= 11 is 5.89. The van der Waals surface area contributed by atoms with Crippen LogP contribution in [0.5, 0.6) is 11.5 Å². The molecule has 0 aliphatic rings. The first kappa shape index (κ1) is 20.7. The van der Waals surface area contributed by atoms with Crippen LogP contribution in [0.15, 0.2) is 42.5 Å². The van der Waals surface area contributed by atoms with Crippen molar-refractivity contribution in [2.75, 3.05) is 11.9 Å². The molecule has 0 fully saturated rings. The third kappa shape index (κ3) is 7.26. The van der Waals surface area contributed by atoms with E-state index in [1.807, 2.05) is 19.1 Å². The van der Waals surface area contributed by atoms with Crippen LogP contribution in [0.4, 0.5) is 23.7 Å². The number of aryl methyl sites for hydroxylation is 1. The summed E-state index contributed by atoms with van der Waals surface area (Å²) in [6.07, 6.45) is -6.19. The molecule has 0 bridgehead atoms. The number of anilines is 1. The monoisotopic (exact) mass is 403 g/mol. The fraction of sp³-hybridized carbons (Fsp3) is 0.278. The van der Waals surface area contributed by atoms with Crippen LogP contribution in [0, 0.1) is 6.92 Å². The van der Waals surface area contributed by atoms with Gasteiger partial charge in [0.05, 0.1) is 5.02 Å². The molecule has 0 heterocycles. The van der Waals surface area contributed by atoms with Crippen molar-refractivity contribution in [3.63, 3.8) is 0 Å². The van der Waals surface area contributed by atoms with Gasteiger partial charge < -0.3 is 14.2 Å². The molecule has 5 nitrogen and oxygen atoms in total. The first-order valence-corrected chi connectivity index (χ1v) is 8.22. The Morgan fingerprint density at radius 1 is 1.19 bits per heavy atom. The molecule has 2 aromatic rings. The Kier molecular flexibility index (Phi) is 6.79. The van der Waals surface area contributed by atoms with Crippen molar-refractivity contribution in [2.24, 2.45) is 0 Å². The van der Waals surface area contributed by atoms with Crippen LogP contribution >= 0.6 is 11.6 Å². The summed E-state index contributed by atoms with van der Waals surface area (Å²) in [4.78, 5) is 11.8. The summed E-state index contributed by atoms with van der Waals surface area (Å²) in [7, 11) is 0. The minimum atomic E-state index is -4.82. The predicted molar refractivity (Wildman–Crippen MR) is 94.4 cm³/mol. The quantitative estimate of drug-likeness (QED) is 0.685. The second-order valence-corrected chi connectivity index (χ2v) is 6.07. The minimum Gasteiger partial charge on any atom is -0.488 e. The van der Waals surface area contributed by atoms with Gasteiger partial charge in [0.15, 0.2) is 0 Å². The van der Waals surface area contributed by atoms with Crippen LogP contribution in [0.3, 0.4) is 0 Å². The van der Waals surface area contributed by atoms with Gasteiger partial charge in [-0.3, -0.25) is 5.32 Å². The molecule has 0 aliphatic heterocycles. The van der Waals surface area contributed by atoms with E-state index in [0.29, 0.717) is 5.69 Å². The van der Waals surface area contributed by atoms with E-state index < -0.39 is 24.3 Å². The Bertz CT molecular complexity index is 781. The van der Waals surface area contributed by atoms with E-state index in [-0.39, 0.29) is 17.4 Å². The Hall–Kier alpha value is -2.61. The van der Waals surface area contributed by atoms with E-state index in [2.05, 4.69) is 10.1 Å². The smallest absolute Gasteiger partial charge is 0.488 e. The lowest BCUT2D eigenvalue weighted by molar-refractivity contribution is -0.274. The molecule has 0 saturated heterocycles. The summed E-state index contributed by atoms with van der Waals surface area (Å²) < 4.78 is 51.1. The van der Waals surface area contributed by atoms with E-state index in [9.17, 15) is 18.0 Å². The number of amides is 1. The van der Waals surface area contributed by atoms with Gasteiger partial charge in [-0.1, -0.05) is 29.3 Å². The van der Waals surface area contributed by atoms with Gasteiger partial charge in [-0.2, -0.15) is 0 Å². The first-order valence-electron chi connectivity index (χ1n) is 7.85. The fourth-order valence-electron chi connectivity index (χ4n) is 2.00. The van der Waals surface area contributed by atoms with E-state index in [1.165, 1.54) is 6.07 Å². The maximum Gasteiger partial charge on any atom is 0.573 e. The first-order chi connectivity index (χ1) is 12.6. The summed E-state index contributed by atoms with van der Waals surface area (Å²) in [5, 5.41) is 2.65. The normalized spacial score (nSPS) is 12.2. The zero-order valence-electron chi connectivity index (χ0n) is 14.5. The second-order valence-electron chi connectivity index (χ2n) is 5.66. The third-order valence-electron chi connectivity index (χ3n) is 3.22. The van der Waals surface area contributed by atoms with Crippen LogP contribution < -0.4 is 14.8 Å². The van der Waals surface area contributed by atoms with E-state index in [0.717, 1.165) is 17.7 Å². The minimum absolute atomic E-state index is 0.0205. The highest BCUT2D eigenvalue weighted by Gasteiger charge is 2.31. The molecule has 0 aliphatic carbocycles. The standard InChI is InChI=1S/C18H17ClF3NO4/c1-11-3-5-13(6-4-11)23-17(24)26-12(2)10-25-16-9-14(7-8-15(16)19)27-18(20,21)22/h3-9,12H,10H2,1-2H3,(H,23,24). The van der Waals surface area contributed by atoms with E-state index >= 15 is 0 Å². The number of halogens is 4. The number of hydrogen-bond acceptors (Lipinski definition) is 4. The van der Waals surface area contributed by atoms with Crippen molar-refractivity contribution in [2.45, 2.75) is 26.3 Å². The molecule has 1 atom stereocenters. The summed E-state index contributed by atoms with van der Waals surface area (Å²) in [6.45, 7) is 3.37. The number of hydrogen-bond donors (Lipinski definition) is 1. The van der Waals surface area contributed by atoms with Gasteiger partial charge in [-0.25, -0.2) is 4.79 Å². The molecule has 0 spiro atoms. The average Bonchev–Trinajstić information content (AvgIpc) is 2.56. The predicted octanol–water partition coefficient (Wildman–Crippen LogP) is 5.56. The summed E-state index contributed by atoms with van der Waals surface area (Å²) in [5.74, 6) is -0.486. The summed E-state index contributed by atoms with van der Waals surface area (Å²) in [5.41, 5.74) is 1.61. The maximum atomic E-state index is 12.3. The highest BCUT2D eigenvalue weighted by atomic mass is 35.5. The van der Waals surface area contributed by atoms with Gasteiger partial charge in [0.1, 0.15) is 24.2 Å². The van der Waals surface area contributed by atoms with Gasteiger partial charge in [0, 0.05) is 11.8 Å². The zero-order valence-corrected chi connectivity index (χ0v) is 15.2. The van der Waals surface area contributed by atoms with Crippen molar-refractivity contribution in [3.05, 3.63) is 53.1 Å². The van der Waals surface area contributed by atoms with Crippen molar-refractivity contribution in [3.8, 4) is 11.5 Å². The van der Waals surface area contributed by atoms with Crippen molar-refractivity contribution < 1.29 is 32.2 Å². The third-order valence-corrected chi connectivity index (χ3v) is 3.53. The molecule has 0 aromatic heterocycles. The Balaban J connectivity index is 1.87. The molecule has 1 amide bonds. The molecule has 27 heavy (non-hydrogen) atoms. The highest BCUT2D eigenvalue weighted by Crippen LogP contribution is 2.32. The molecule has 1 N–H and O–H groups in total. The molecule has 9 heteroatoms. The molecule has 0 saturated carbocycles. The number of alkyl halides is 3. The molecule has 1 unspecified atom stereocenters. The maximum absolute atomic E-state index is 12.3. The number of nitrogens with one attached hydrogen (secondary N) is 1. The van der Waals surface area contributed by atoms with Gasteiger partial charge >= 0.3 is 12.5 Å². The number of benzene rings is 2. The average molecular weight is 404 g/mol. The van der Waals surface area contributed by atoms with Crippen LogP contribution in [-0.2, 0) is 4.74 Å². The Morgan fingerprint density at radius 3 is 2.48 bits per heavy atom. The lowest BCUT2D eigenvalue weighted by Gasteiger charge is -2.16. The van der Waals surface area contributed by atoms with Gasteiger partial charge in [0.2, 0.25) is 0 Å². The van der Waals surface area contributed by atoms with Crippen molar-refractivity contribution in [1.82, 2.24) is 0 Å². The van der Waals surface area contributed by atoms with Gasteiger partial charge in [0.25, 0.3) is 0 Å². The topological polar surface area (TPSA) is 56.8 Å². The van der Waals surface area contributed by atoms with Crippen LogP contribution in [-0.4, -0.2) is 25.2 Å². The fourth-order valence-corrected chi connectivity index (χ4v) is 2.17. The van der Waals surface area contributed by atoms with Crippen LogP contribution in [0.2, 0.25) is 5.02 Å². The second kappa shape index (κ2) is 8.85.